The lowest BCUT2D eigenvalue weighted by atomic mass is 10.0. The second kappa shape index (κ2) is 49.7. The van der Waals surface area contributed by atoms with Crippen molar-refractivity contribution in [1.82, 2.24) is 0 Å². The average molecular weight is 817 g/mol. The third kappa shape index (κ3) is 47.1. The van der Waals surface area contributed by atoms with Gasteiger partial charge >= 0.3 is 11.9 Å². The van der Waals surface area contributed by atoms with Crippen molar-refractivity contribution in [3.05, 3.63) is 24.3 Å². The summed E-state index contributed by atoms with van der Waals surface area (Å²) in [4.78, 5) is 25.4. The molecule has 342 valence electrons. The number of ether oxygens (including phenoxy) is 3. The highest BCUT2D eigenvalue weighted by molar-refractivity contribution is 5.70. The summed E-state index contributed by atoms with van der Waals surface area (Å²) in [5.41, 5.74) is 0. The molecule has 0 saturated carbocycles. The molecule has 1 unspecified atom stereocenters. The second-order valence-corrected chi connectivity index (χ2v) is 17.4. The summed E-state index contributed by atoms with van der Waals surface area (Å²) < 4.78 is 17.4. The highest BCUT2D eigenvalue weighted by Crippen LogP contribution is 2.16. The Morgan fingerprint density at radius 1 is 0.379 bits per heavy atom. The van der Waals surface area contributed by atoms with Crippen LogP contribution in [0.4, 0.5) is 0 Å². The highest BCUT2D eigenvalue weighted by Gasteiger charge is 2.17. The molecule has 0 saturated heterocycles. The Hall–Kier alpha value is -1.62. The molecule has 0 aromatic rings. The minimum Gasteiger partial charge on any atom is -0.462 e. The summed E-state index contributed by atoms with van der Waals surface area (Å²) in [5.74, 6) is -0.388. The van der Waals surface area contributed by atoms with E-state index in [9.17, 15) is 9.59 Å². The fourth-order valence-corrected chi connectivity index (χ4v) is 7.60. The predicted octanol–water partition coefficient (Wildman–Crippen LogP) is 17.2. The van der Waals surface area contributed by atoms with Gasteiger partial charge in [0, 0.05) is 19.4 Å². The van der Waals surface area contributed by atoms with Crippen LogP contribution < -0.4 is 0 Å². The van der Waals surface area contributed by atoms with Gasteiger partial charge in [0.25, 0.3) is 0 Å². The molecule has 0 radical (unpaired) electrons. The van der Waals surface area contributed by atoms with Crippen LogP contribution in [-0.2, 0) is 23.8 Å². The first-order valence-corrected chi connectivity index (χ1v) is 25.9. The summed E-state index contributed by atoms with van der Waals surface area (Å²) in [6.45, 7) is 7.84. The molecule has 5 heteroatoms. The van der Waals surface area contributed by atoms with Gasteiger partial charge in [-0.2, -0.15) is 0 Å². The minimum atomic E-state index is -0.530. The molecule has 0 aliphatic heterocycles. The Labute approximate surface area is 362 Å². The number of unbranched alkanes of at least 4 members (excludes halogenated alkanes) is 33. The van der Waals surface area contributed by atoms with Gasteiger partial charge in [0.15, 0.2) is 6.10 Å². The van der Waals surface area contributed by atoms with Crippen molar-refractivity contribution in [3.8, 4) is 0 Å². The molecule has 0 amide bonds. The average Bonchev–Trinajstić information content (AvgIpc) is 3.22. The number of carbonyl (C=O) groups is 2. The van der Waals surface area contributed by atoms with Crippen LogP contribution in [-0.4, -0.2) is 37.9 Å². The van der Waals surface area contributed by atoms with Gasteiger partial charge < -0.3 is 14.2 Å². The van der Waals surface area contributed by atoms with E-state index < -0.39 is 6.10 Å². The molecule has 5 nitrogen and oxygen atoms in total. The topological polar surface area (TPSA) is 61.8 Å². The maximum Gasteiger partial charge on any atom is 0.306 e. The summed E-state index contributed by atoms with van der Waals surface area (Å²) in [6, 6.07) is 0. The maximum absolute atomic E-state index is 12.8. The highest BCUT2D eigenvalue weighted by atomic mass is 16.6. The van der Waals surface area contributed by atoms with E-state index in [0.29, 0.717) is 26.1 Å². The van der Waals surface area contributed by atoms with Crippen molar-refractivity contribution >= 4 is 11.9 Å². The quantitative estimate of drug-likeness (QED) is 0.0348. The lowest BCUT2D eigenvalue weighted by molar-refractivity contribution is -0.163. The van der Waals surface area contributed by atoms with Crippen molar-refractivity contribution in [1.29, 1.82) is 0 Å². The van der Waals surface area contributed by atoms with Gasteiger partial charge in [-0.05, 0) is 51.4 Å². The molecule has 0 aliphatic rings. The van der Waals surface area contributed by atoms with Crippen molar-refractivity contribution in [2.24, 2.45) is 0 Å². The number of hydrogen-bond acceptors (Lipinski definition) is 5. The fourth-order valence-electron chi connectivity index (χ4n) is 7.60. The van der Waals surface area contributed by atoms with Crippen molar-refractivity contribution in [2.75, 3.05) is 19.8 Å². The first-order valence-electron chi connectivity index (χ1n) is 25.9. The van der Waals surface area contributed by atoms with E-state index >= 15 is 0 Å². The van der Waals surface area contributed by atoms with Crippen molar-refractivity contribution in [2.45, 2.75) is 284 Å². The Kier molecular flexibility index (Phi) is 48.4. The monoisotopic (exact) mass is 817 g/mol. The number of esters is 2. The minimum absolute atomic E-state index is 0.0886. The predicted molar refractivity (Wildman–Crippen MR) is 252 cm³/mol. The van der Waals surface area contributed by atoms with Gasteiger partial charge in [0.2, 0.25) is 0 Å². The number of rotatable bonds is 48. The zero-order chi connectivity index (χ0) is 42.1. The summed E-state index contributed by atoms with van der Waals surface area (Å²) in [5, 5.41) is 0. The largest absolute Gasteiger partial charge is 0.462 e. The molecular formula is C53H100O5. The van der Waals surface area contributed by atoms with E-state index in [1.807, 2.05) is 0 Å². The molecule has 0 aromatic carbocycles. The summed E-state index contributed by atoms with van der Waals surface area (Å²) >= 11 is 0. The van der Waals surface area contributed by atoms with Crippen LogP contribution in [0, 0.1) is 0 Å². The molecule has 0 aliphatic carbocycles. The van der Waals surface area contributed by atoms with Gasteiger partial charge in [-0.1, -0.05) is 238 Å². The molecule has 58 heavy (non-hydrogen) atoms. The van der Waals surface area contributed by atoms with E-state index in [0.717, 1.165) is 38.5 Å². The molecular weight excluding hydrogens is 717 g/mol. The Morgan fingerprint density at radius 3 is 1.17 bits per heavy atom. The van der Waals surface area contributed by atoms with Gasteiger partial charge in [-0.15, -0.1) is 0 Å². The van der Waals surface area contributed by atoms with Crippen molar-refractivity contribution in [3.63, 3.8) is 0 Å². The Bertz CT molecular complexity index is 882. The molecule has 0 bridgehead atoms. The lowest BCUT2D eigenvalue weighted by Gasteiger charge is -2.18. The number of carbonyl (C=O) groups excluding carboxylic acids is 2. The van der Waals surface area contributed by atoms with Gasteiger partial charge in [0.05, 0.1) is 6.61 Å². The molecule has 0 N–H and O–H groups in total. The van der Waals surface area contributed by atoms with E-state index in [1.165, 1.54) is 205 Å². The number of hydrogen-bond donors (Lipinski definition) is 0. The molecule has 0 rings (SSSR count). The SMILES string of the molecule is CCCCC/C=C\C/C=C\CCCCCCCCCC(=O)OCC(COCCCCCCCCCCCCCC)OC(=O)CCCCCCCCCCCCCCC. The third-order valence-electron chi connectivity index (χ3n) is 11.5. The second-order valence-electron chi connectivity index (χ2n) is 17.4. The lowest BCUT2D eigenvalue weighted by Crippen LogP contribution is -2.30. The van der Waals surface area contributed by atoms with Crippen LogP contribution in [0.2, 0.25) is 0 Å². The van der Waals surface area contributed by atoms with Gasteiger partial charge in [-0.3, -0.25) is 9.59 Å². The van der Waals surface area contributed by atoms with Crippen LogP contribution in [0.15, 0.2) is 24.3 Å². The molecule has 0 aromatic heterocycles. The van der Waals surface area contributed by atoms with E-state index in [4.69, 9.17) is 14.2 Å². The summed E-state index contributed by atoms with van der Waals surface area (Å²) in [6.07, 6.45) is 57.5. The molecule has 0 fully saturated rings. The zero-order valence-corrected chi connectivity index (χ0v) is 39.3. The van der Waals surface area contributed by atoms with Crippen molar-refractivity contribution < 1.29 is 23.8 Å². The normalized spacial score (nSPS) is 12.3. The molecule has 0 spiro atoms. The number of allylic oxidation sites excluding steroid dienone is 4. The van der Waals surface area contributed by atoms with Gasteiger partial charge in [0.1, 0.15) is 6.61 Å². The fraction of sp³-hybridized carbons (Fsp3) is 0.887. The first kappa shape index (κ1) is 56.4. The van der Waals surface area contributed by atoms with Crippen LogP contribution in [0.3, 0.4) is 0 Å². The van der Waals surface area contributed by atoms with E-state index in [-0.39, 0.29) is 18.5 Å². The van der Waals surface area contributed by atoms with E-state index in [2.05, 4.69) is 45.1 Å². The molecule has 1 atom stereocenters. The van der Waals surface area contributed by atoms with Gasteiger partial charge in [-0.25, -0.2) is 0 Å². The Balaban J connectivity index is 4.21. The summed E-state index contributed by atoms with van der Waals surface area (Å²) in [7, 11) is 0. The smallest absolute Gasteiger partial charge is 0.306 e. The van der Waals surface area contributed by atoms with Crippen LogP contribution in [0.1, 0.15) is 278 Å². The van der Waals surface area contributed by atoms with Crippen LogP contribution in [0.25, 0.3) is 0 Å². The van der Waals surface area contributed by atoms with E-state index in [1.54, 1.807) is 0 Å². The zero-order valence-electron chi connectivity index (χ0n) is 39.3. The standard InChI is InChI=1S/C53H100O5/c1-4-7-10-13-16-19-22-25-26-27-28-30-31-34-37-40-43-46-52(54)57-50-51(49-56-48-45-42-39-36-33-24-21-18-15-12-9-6-3)58-53(55)47-44-41-38-35-32-29-23-20-17-14-11-8-5-2/h16,19,25-26,51H,4-15,17-18,20-24,27-50H2,1-3H3/b19-16-,26-25-. The third-order valence-corrected chi connectivity index (χ3v) is 11.5. The maximum atomic E-state index is 12.8. The molecule has 0 heterocycles. The first-order chi connectivity index (χ1) is 28.6. The van der Waals surface area contributed by atoms with Crippen LogP contribution in [0.5, 0.6) is 0 Å². The Morgan fingerprint density at radius 2 is 0.724 bits per heavy atom. The van der Waals surface area contributed by atoms with Crippen LogP contribution >= 0.6 is 0 Å².